The first-order valence-corrected chi connectivity index (χ1v) is 8.15. The normalized spacial score (nSPS) is 11.0. The van der Waals surface area contributed by atoms with E-state index in [-0.39, 0.29) is 22.9 Å². The molecule has 9 heteroatoms. The summed E-state index contributed by atoms with van der Waals surface area (Å²) in [6.45, 7) is 1.87. The van der Waals surface area contributed by atoms with Crippen LogP contribution in [-0.2, 0) is 6.42 Å². The van der Waals surface area contributed by atoms with Crippen molar-refractivity contribution in [3.63, 3.8) is 0 Å². The largest absolute Gasteiger partial charge is 0.496 e. The van der Waals surface area contributed by atoms with Crippen LogP contribution in [0.2, 0.25) is 0 Å². The van der Waals surface area contributed by atoms with Crippen molar-refractivity contribution in [3.05, 3.63) is 64.3 Å². The van der Waals surface area contributed by atoms with E-state index < -0.39 is 4.92 Å². The monoisotopic (exact) mass is 367 g/mol. The molecular formula is C18H17N5O4. The van der Waals surface area contributed by atoms with E-state index in [9.17, 15) is 15.2 Å². The Balaban J connectivity index is 2.03. The quantitative estimate of drug-likeness (QED) is 0.392. The summed E-state index contributed by atoms with van der Waals surface area (Å²) in [4.78, 5) is 10.7. The first-order valence-electron chi connectivity index (χ1n) is 8.15. The van der Waals surface area contributed by atoms with Crippen LogP contribution in [0, 0.1) is 10.1 Å². The van der Waals surface area contributed by atoms with Gasteiger partial charge in [0.15, 0.2) is 11.4 Å². The number of aromatic nitrogens is 2. The van der Waals surface area contributed by atoms with E-state index in [4.69, 9.17) is 4.74 Å². The van der Waals surface area contributed by atoms with Crippen LogP contribution in [0.1, 0.15) is 12.6 Å². The Labute approximate surface area is 154 Å². The van der Waals surface area contributed by atoms with Gasteiger partial charge in [0.1, 0.15) is 5.75 Å². The highest BCUT2D eigenvalue weighted by molar-refractivity contribution is 5.61. The third kappa shape index (κ3) is 3.61. The van der Waals surface area contributed by atoms with Crippen molar-refractivity contribution >= 4 is 17.1 Å². The molecule has 0 saturated heterocycles. The van der Waals surface area contributed by atoms with Gasteiger partial charge in [0, 0.05) is 0 Å². The van der Waals surface area contributed by atoms with Gasteiger partial charge in [0.2, 0.25) is 5.88 Å². The molecule has 0 fully saturated rings. The predicted molar refractivity (Wildman–Crippen MR) is 98.4 cm³/mol. The van der Waals surface area contributed by atoms with E-state index in [1.807, 2.05) is 25.1 Å². The predicted octanol–water partition coefficient (Wildman–Crippen LogP) is 4.47. The van der Waals surface area contributed by atoms with E-state index in [0.717, 1.165) is 0 Å². The van der Waals surface area contributed by atoms with E-state index in [2.05, 4.69) is 15.3 Å². The van der Waals surface area contributed by atoms with Crippen LogP contribution in [0.5, 0.6) is 11.6 Å². The molecule has 2 aromatic carbocycles. The highest BCUT2D eigenvalue weighted by Gasteiger charge is 2.19. The Morgan fingerprint density at radius 1 is 1.22 bits per heavy atom. The molecule has 27 heavy (non-hydrogen) atoms. The lowest BCUT2D eigenvalue weighted by molar-refractivity contribution is -0.384. The number of nitro groups is 1. The summed E-state index contributed by atoms with van der Waals surface area (Å²) >= 11 is 0. The maximum absolute atomic E-state index is 11.3. The van der Waals surface area contributed by atoms with Gasteiger partial charge in [-0.15, -0.1) is 10.2 Å². The molecule has 0 saturated carbocycles. The van der Waals surface area contributed by atoms with Gasteiger partial charge in [-0.05, 0) is 30.7 Å². The molecule has 9 nitrogen and oxygen atoms in total. The Hall–Kier alpha value is -3.75. The maximum atomic E-state index is 11.3. The van der Waals surface area contributed by atoms with Gasteiger partial charge in [0.05, 0.1) is 29.5 Å². The lowest BCUT2D eigenvalue weighted by Gasteiger charge is -2.02. The lowest BCUT2D eigenvalue weighted by atomic mass is 10.2. The zero-order valence-electron chi connectivity index (χ0n) is 14.7. The second kappa shape index (κ2) is 7.65. The molecule has 0 aliphatic rings. The minimum atomic E-state index is -0.565. The fourth-order valence-electron chi connectivity index (χ4n) is 2.50. The molecule has 0 atom stereocenters. The van der Waals surface area contributed by atoms with Crippen molar-refractivity contribution < 1.29 is 14.8 Å². The summed E-state index contributed by atoms with van der Waals surface area (Å²) in [6, 6.07) is 13.3. The van der Waals surface area contributed by atoms with Crippen LogP contribution in [-0.4, -0.2) is 26.9 Å². The van der Waals surface area contributed by atoms with Crippen molar-refractivity contribution in [3.8, 4) is 17.3 Å². The number of ether oxygens (including phenoxy) is 1. The molecular weight excluding hydrogens is 350 g/mol. The summed E-state index contributed by atoms with van der Waals surface area (Å²) in [5.41, 5.74) is 1.17. The number of hydrogen-bond acceptors (Lipinski definition) is 7. The molecule has 1 heterocycles. The Kier molecular flexibility index (Phi) is 5.11. The number of aryl methyl sites for hydroxylation is 1. The van der Waals surface area contributed by atoms with Crippen molar-refractivity contribution in [1.82, 2.24) is 9.78 Å². The van der Waals surface area contributed by atoms with Crippen LogP contribution >= 0.6 is 0 Å². The van der Waals surface area contributed by atoms with E-state index in [0.29, 0.717) is 23.6 Å². The van der Waals surface area contributed by atoms with E-state index in [1.54, 1.807) is 18.2 Å². The molecule has 0 aliphatic heterocycles. The average Bonchev–Trinajstić information content (AvgIpc) is 3.02. The second-order valence-electron chi connectivity index (χ2n) is 5.53. The zero-order chi connectivity index (χ0) is 19.4. The van der Waals surface area contributed by atoms with Gasteiger partial charge in [-0.2, -0.15) is 9.78 Å². The molecule has 1 N–H and O–H groups in total. The molecule has 0 amide bonds. The second-order valence-corrected chi connectivity index (χ2v) is 5.53. The third-order valence-electron chi connectivity index (χ3n) is 3.88. The van der Waals surface area contributed by atoms with Gasteiger partial charge in [-0.25, -0.2) is 0 Å². The van der Waals surface area contributed by atoms with Crippen molar-refractivity contribution in [2.24, 2.45) is 10.2 Å². The first kappa shape index (κ1) is 18.1. The standard InChI is InChI=1S/C18H17N5O4/c1-3-14-17(18(24)22(21-14)12-7-5-4-6-8-12)20-19-15-10-9-13(27-2)11-16(15)23(25)26/h4-11,24H,3H2,1-2H3. The van der Waals surface area contributed by atoms with Crippen LogP contribution in [0.3, 0.4) is 0 Å². The highest BCUT2D eigenvalue weighted by Crippen LogP contribution is 2.37. The summed E-state index contributed by atoms with van der Waals surface area (Å²) in [7, 11) is 1.42. The summed E-state index contributed by atoms with van der Waals surface area (Å²) in [6.07, 6.45) is 0.506. The SMILES string of the molecule is CCc1nn(-c2ccccc2)c(O)c1N=Nc1ccc(OC)cc1[N+](=O)[O-]. The average molecular weight is 367 g/mol. The molecule has 0 unspecified atom stereocenters. The van der Waals surface area contributed by atoms with E-state index >= 15 is 0 Å². The fraction of sp³-hybridized carbons (Fsp3) is 0.167. The molecule has 0 spiro atoms. The maximum Gasteiger partial charge on any atom is 0.300 e. The minimum Gasteiger partial charge on any atom is -0.496 e. The third-order valence-corrected chi connectivity index (χ3v) is 3.88. The number of nitro benzene ring substituents is 1. The van der Waals surface area contributed by atoms with Crippen molar-refractivity contribution in [2.45, 2.75) is 13.3 Å². The molecule has 1 aromatic heterocycles. The van der Waals surface area contributed by atoms with Gasteiger partial charge < -0.3 is 9.84 Å². The topological polar surface area (TPSA) is 115 Å². The lowest BCUT2D eigenvalue weighted by Crippen LogP contribution is -1.95. The van der Waals surface area contributed by atoms with Gasteiger partial charge in [-0.3, -0.25) is 10.1 Å². The Morgan fingerprint density at radius 3 is 2.59 bits per heavy atom. The molecule has 138 valence electrons. The van der Waals surface area contributed by atoms with Crippen molar-refractivity contribution in [1.29, 1.82) is 0 Å². The highest BCUT2D eigenvalue weighted by atomic mass is 16.6. The number of hydrogen-bond donors (Lipinski definition) is 1. The fourth-order valence-corrected chi connectivity index (χ4v) is 2.50. The molecule has 0 radical (unpaired) electrons. The van der Waals surface area contributed by atoms with Crippen LogP contribution in [0.25, 0.3) is 5.69 Å². The molecule has 3 aromatic rings. The van der Waals surface area contributed by atoms with Gasteiger partial charge in [0.25, 0.3) is 5.69 Å². The van der Waals surface area contributed by atoms with Gasteiger partial charge >= 0.3 is 0 Å². The summed E-state index contributed by atoms with van der Waals surface area (Å²) < 4.78 is 6.36. The van der Waals surface area contributed by atoms with Crippen LogP contribution < -0.4 is 4.74 Å². The smallest absolute Gasteiger partial charge is 0.300 e. The number of aromatic hydroxyl groups is 1. The van der Waals surface area contributed by atoms with Crippen LogP contribution in [0.15, 0.2) is 58.8 Å². The summed E-state index contributed by atoms with van der Waals surface area (Å²) in [5, 5.41) is 34.1. The number of methoxy groups -OCH3 is 1. The summed E-state index contributed by atoms with van der Waals surface area (Å²) in [5.74, 6) is 0.160. The number of rotatable bonds is 6. The molecule has 3 rings (SSSR count). The van der Waals surface area contributed by atoms with Gasteiger partial charge in [-0.1, -0.05) is 25.1 Å². The Morgan fingerprint density at radius 2 is 1.96 bits per heavy atom. The molecule has 0 bridgehead atoms. The van der Waals surface area contributed by atoms with Crippen LogP contribution in [0.4, 0.5) is 17.1 Å². The number of para-hydroxylation sites is 1. The zero-order valence-corrected chi connectivity index (χ0v) is 14.7. The number of benzene rings is 2. The first-order chi connectivity index (χ1) is 13.0. The Bertz CT molecular complexity index is 998. The van der Waals surface area contributed by atoms with Crippen molar-refractivity contribution in [2.75, 3.05) is 7.11 Å². The van der Waals surface area contributed by atoms with E-state index in [1.165, 1.54) is 23.9 Å². The number of azo groups is 1. The molecule has 0 aliphatic carbocycles. The number of nitrogens with zero attached hydrogens (tertiary/aromatic N) is 5. The minimum absolute atomic E-state index is 0.0507.